The zero-order chi connectivity index (χ0) is 14.2. The van der Waals surface area contributed by atoms with Gasteiger partial charge in [0.25, 0.3) is 0 Å². The van der Waals surface area contributed by atoms with E-state index in [9.17, 15) is 9.90 Å². The molecule has 2 atom stereocenters. The van der Waals surface area contributed by atoms with Crippen molar-refractivity contribution >= 4 is 24.4 Å². The van der Waals surface area contributed by atoms with Crippen molar-refractivity contribution < 1.29 is 5.11 Å². The van der Waals surface area contributed by atoms with Gasteiger partial charge in [0, 0.05) is 0 Å². The number of hydrogen-bond donors (Lipinski definition) is 1. The van der Waals surface area contributed by atoms with Gasteiger partial charge in [-0.3, -0.25) is 0 Å². The fourth-order valence-electron chi connectivity index (χ4n) is 5.69. The Labute approximate surface area is 129 Å². The molecule has 3 nitrogen and oxygen atoms in total. The van der Waals surface area contributed by atoms with Gasteiger partial charge in [-0.2, -0.15) is 0 Å². The molecule has 1 aromatic carbocycles. The summed E-state index contributed by atoms with van der Waals surface area (Å²) in [5.41, 5.74) is -0.319. The molecule has 6 rings (SSSR count). The predicted molar refractivity (Wildman–Crippen MR) is 82.8 cm³/mol. The van der Waals surface area contributed by atoms with Gasteiger partial charge in [0.05, 0.1) is 0 Å². The number of benzene rings is 1. The molecule has 4 heteroatoms. The summed E-state index contributed by atoms with van der Waals surface area (Å²) in [6, 6.07) is 8.06. The fourth-order valence-corrected chi connectivity index (χ4v) is 8.16. The maximum atomic E-state index is 12.9. The third-order valence-electron chi connectivity index (χ3n) is 5.92. The topological polar surface area (TPSA) is 42.2 Å². The molecule has 0 aliphatic heterocycles. The summed E-state index contributed by atoms with van der Waals surface area (Å²) in [7, 11) is 0. The molecule has 4 saturated carbocycles. The van der Waals surface area contributed by atoms with E-state index in [0.29, 0.717) is 11.8 Å². The summed E-state index contributed by atoms with van der Waals surface area (Å²) in [4.78, 5) is 12.9. The van der Waals surface area contributed by atoms with Crippen molar-refractivity contribution in [3.05, 3.63) is 34.6 Å². The molecule has 4 bridgehead atoms. The van der Waals surface area contributed by atoms with E-state index in [-0.39, 0.29) is 25.8 Å². The minimum atomic E-state index is -0.491. The monoisotopic (exact) mass is 349 g/mol. The second-order valence-electron chi connectivity index (χ2n) is 7.60. The average molecular weight is 348 g/mol. The molecule has 0 amide bonds. The van der Waals surface area contributed by atoms with Crippen molar-refractivity contribution in [1.82, 2.24) is 3.56 Å². The number of hydrogen-bond acceptors (Lipinski definition) is 2. The van der Waals surface area contributed by atoms with Crippen molar-refractivity contribution in [1.29, 1.82) is 0 Å². The molecule has 4 aliphatic carbocycles. The Bertz CT molecular complexity index is 775. The van der Waals surface area contributed by atoms with Gasteiger partial charge in [-0.15, -0.1) is 0 Å². The van der Waals surface area contributed by atoms with Gasteiger partial charge >= 0.3 is 129 Å². The van der Waals surface area contributed by atoms with Gasteiger partial charge in [0.15, 0.2) is 0 Å². The zero-order valence-corrected chi connectivity index (χ0v) is 13.6. The van der Waals surface area contributed by atoms with E-state index in [1.54, 1.807) is 0 Å². The average Bonchev–Trinajstić information content (AvgIpc) is 2.75. The summed E-state index contributed by atoms with van der Waals surface area (Å²) in [5, 5.41) is 11.8. The summed E-state index contributed by atoms with van der Waals surface area (Å²) in [5.74, 6) is 1.26. The second kappa shape index (κ2) is 3.92. The van der Waals surface area contributed by atoms with Crippen LogP contribution in [-0.4, -0.2) is 29.0 Å². The van der Waals surface area contributed by atoms with E-state index in [1.165, 1.54) is 10.7 Å². The third-order valence-corrected chi connectivity index (χ3v) is 8.62. The van der Waals surface area contributed by atoms with Crippen molar-refractivity contribution in [2.24, 2.45) is 11.8 Å². The normalized spacial score (nSPS) is 41.0. The van der Waals surface area contributed by atoms with Crippen LogP contribution in [0.1, 0.15) is 38.5 Å². The van der Waals surface area contributed by atoms with E-state index in [2.05, 4.69) is 9.63 Å². The Kier molecular flexibility index (Phi) is 2.37. The molecule has 4 fully saturated rings. The van der Waals surface area contributed by atoms with Gasteiger partial charge in [0.2, 0.25) is 0 Å². The van der Waals surface area contributed by atoms with Crippen LogP contribution in [0.5, 0.6) is 0 Å². The molecule has 2 aromatic rings. The molecular weight excluding hydrogens is 329 g/mol. The Hall–Kier alpha value is -0.831. The van der Waals surface area contributed by atoms with Crippen LogP contribution in [-0.2, 0) is 5.54 Å². The zero-order valence-electron chi connectivity index (χ0n) is 11.9. The molecule has 1 heterocycles. The first-order chi connectivity index (χ1) is 10.1. The Morgan fingerprint density at radius 3 is 2.52 bits per heavy atom. The molecule has 4 aliphatic rings. The molecule has 0 radical (unpaired) electrons. The number of fused-ring (bicyclic) bond motifs is 1. The van der Waals surface area contributed by atoms with Gasteiger partial charge in [-0.25, -0.2) is 0 Å². The number of nitrogens with zero attached hydrogens (tertiary/aromatic N) is 1. The first kappa shape index (κ1) is 12.7. The van der Waals surface area contributed by atoms with E-state index in [0.717, 1.165) is 37.5 Å². The number of aromatic nitrogens is 1. The van der Waals surface area contributed by atoms with Gasteiger partial charge < -0.3 is 0 Å². The quantitative estimate of drug-likeness (QED) is 0.802. The Morgan fingerprint density at radius 1 is 1.14 bits per heavy atom. The van der Waals surface area contributed by atoms with Gasteiger partial charge in [-0.1, -0.05) is 0 Å². The third kappa shape index (κ3) is 1.67. The summed E-state index contributed by atoms with van der Waals surface area (Å²) < 4.78 is 3.39. The number of rotatable bonds is 1. The fraction of sp³-hybridized carbons (Fsp3) is 0.588. The standard InChI is InChI=1S/C17H19NO2Se/c19-15-13-3-1-2-4-14(13)21-18(15)16-6-11-5-12(7-16)9-17(20,8-11)10-16/h1-4,11-12,20H,5-10H2. The second-order valence-corrected chi connectivity index (χ2v) is 9.67. The predicted octanol–water partition coefficient (Wildman–Crippen LogP) is 2.10. The first-order valence-corrected chi connectivity index (χ1v) is 9.53. The SMILES string of the molecule is O=c1c2ccccc2[se]n1C12CC3CC(CC(O)(C3)C1)C2. The molecule has 1 aromatic heterocycles. The minimum absolute atomic E-state index is 0.0467. The summed E-state index contributed by atoms with van der Waals surface area (Å²) >= 11 is 0.0930. The number of aliphatic hydroxyl groups is 1. The van der Waals surface area contributed by atoms with Crippen LogP contribution >= 0.6 is 0 Å². The molecular formula is C17H19NO2Se. The maximum absolute atomic E-state index is 12.9. The van der Waals surface area contributed by atoms with Crippen molar-refractivity contribution in [2.45, 2.75) is 49.7 Å². The van der Waals surface area contributed by atoms with Crippen LogP contribution in [0, 0.1) is 11.8 Å². The van der Waals surface area contributed by atoms with Crippen LogP contribution in [0.15, 0.2) is 29.1 Å². The molecule has 110 valence electrons. The van der Waals surface area contributed by atoms with E-state index >= 15 is 0 Å². The van der Waals surface area contributed by atoms with Crippen LogP contribution < -0.4 is 5.56 Å². The van der Waals surface area contributed by atoms with E-state index < -0.39 is 5.60 Å². The first-order valence-electron chi connectivity index (χ1n) is 7.91. The molecule has 2 unspecified atom stereocenters. The van der Waals surface area contributed by atoms with Crippen molar-refractivity contribution in [2.75, 3.05) is 0 Å². The van der Waals surface area contributed by atoms with Crippen molar-refractivity contribution in [3.8, 4) is 0 Å². The molecule has 1 N–H and O–H groups in total. The molecule has 0 spiro atoms. The van der Waals surface area contributed by atoms with Gasteiger partial charge in [0.1, 0.15) is 0 Å². The summed E-state index contributed by atoms with van der Waals surface area (Å²) in [6.07, 6.45) is 6.25. The molecule has 21 heavy (non-hydrogen) atoms. The Balaban J connectivity index is 1.72. The van der Waals surface area contributed by atoms with E-state index in [1.807, 2.05) is 18.2 Å². The van der Waals surface area contributed by atoms with E-state index in [4.69, 9.17) is 0 Å². The van der Waals surface area contributed by atoms with Gasteiger partial charge in [-0.05, 0) is 0 Å². The summed E-state index contributed by atoms with van der Waals surface area (Å²) in [6.45, 7) is 0. The Morgan fingerprint density at radius 2 is 1.86 bits per heavy atom. The van der Waals surface area contributed by atoms with Crippen LogP contribution in [0.3, 0.4) is 0 Å². The van der Waals surface area contributed by atoms with Crippen LogP contribution in [0.25, 0.3) is 9.65 Å². The van der Waals surface area contributed by atoms with Crippen LogP contribution in [0.4, 0.5) is 0 Å². The van der Waals surface area contributed by atoms with Crippen molar-refractivity contribution in [3.63, 3.8) is 0 Å². The molecule has 0 saturated heterocycles. The van der Waals surface area contributed by atoms with Crippen LogP contribution in [0.2, 0.25) is 0 Å².